The highest BCUT2D eigenvalue weighted by atomic mass is 16.4. The molecule has 0 aliphatic carbocycles. The molecule has 1 amide bonds. The van der Waals surface area contributed by atoms with Crippen molar-refractivity contribution in [2.24, 2.45) is 0 Å². The van der Waals surface area contributed by atoms with E-state index < -0.39 is 36.9 Å². The maximum Gasteiger partial charge on any atom is 0.254 e. The van der Waals surface area contributed by atoms with E-state index in [1.165, 1.54) is 4.90 Å². The first-order chi connectivity index (χ1) is 9.06. The molecule has 1 aromatic carbocycles. The van der Waals surface area contributed by atoms with Crippen LogP contribution < -0.4 is 0 Å². The zero-order chi connectivity index (χ0) is 14.0. The lowest BCUT2D eigenvalue weighted by molar-refractivity contribution is -0.134. The number of aliphatic hydroxyl groups excluding tert-OH is 4. The summed E-state index contributed by atoms with van der Waals surface area (Å²) in [5.41, 5.74) is 0.400. The molecule has 1 aromatic rings. The number of carbonyl (C=O) groups is 1. The van der Waals surface area contributed by atoms with Gasteiger partial charge in [0.05, 0.1) is 19.2 Å². The second-order valence-corrected chi connectivity index (χ2v) is 4.62. The molecule has 0 bridgehead atoms. The van der Waals surface area contributed by atoms with Crippen LogP contribution >= 0.6 is 0 Å². The Bertz CT molecular complexity index is 438. The first-order valence-corrected chi connectivity index (χ1v) is 6.07. The Hall–Kier alpha value is -1.47. The topological polar surface area (TPSA) is 101 Å². The van der Waals surface area contributed by atoms with E-state index >= 15 is 0 Å². The number of nitrogens with zero attached hydrogens (tertiary/aromatic N) is 1. The molecule has 2 rings (SSSR count). The van der Waals surface area contributed by atoms with Crippen LogP contribution in [-0.4, -0.2) is 68.7 Å². The Labute approximate surface area is 110 Å². The molecule has 4 atom stereocenters. The quantitative estimate of drug-likeness (QED) is 0.527. The standard InChI is InChI=1S/C13H17NO5/c15-7-9-11(17)12(18)10(16)6-14(9)13(19)8-4-2-1-3-5-8/h1-5,9-12,15-18H,6-7H2/t9-,10+,11-,12+/m1/s1. The van der Waals surface area contributed by atoms with E-state index in [-0.39, 0.29) is 6.54 Å². The van der Waals surface area contributed by atoms with E-state index in [2.05, 4.69) is 0 Å². The number of hydrogen-bond donors (Lipinski definition) is 4. The van der Waals surface area contributed by atoms with Crippen molar-refractivity contribution in [3.63, 3.8) is 0 Å². The molecule has 0 radical (unpaired) electrons. The number of rotatable bonds is 2. The molecule has 19 heavy (non-hydrogen) atoms. The number of β-amino-alcohol motifs (C(OH)–C–C–N with tert-alkyl or cyclic N) is 1. The van der Waals surface area contributed by atoms with Gasteiger partial charge in [-0.3, -0.25) is 4.79 Å². The molecule has 4 N–H and O–H groups in total. The van der Waals surface area contributed by atoms with Crippen molar-refractivity contribution in [3.8, 4) is 0 Å². The Balaban J connectivity index is 2.24. The average Bonchev–Trinajstić information content (AvgIpc) is 2.44. The Morgan fingerprint density at radius 3 is 2.37 bits per heavy atom. The minimum Gasteiger partial charge on any atom is -0.394 e. The van der Waals surface area contributed by atoms with Crippen molar-refractivity contribution in [2.75, 3.05) is 13.2 Å². The first-order valence-electron chi connectivity index (χ1n) is 6.07. The van der Waals surface area contributed by atoms with Crippen LogP contribution in [0.2, 0.25) is 0 Å². The van der Waals surface area contributed by atoms with Gasteiger partial charge in [-0.05, 0) is 12.1 Å². The van der Waals surface area contributed by atoms with Crippen molar-refractivity contribution < 1.29 is 25.2 Å². The maximum absolute atomic E-state index is 12.3. The number of aliphatic hydroxyl groups is 4. The van der Waals surface area contributed by atoms with Gasteiger partial charge in [-0.2, -0.15) is 0 Å². The molecule has 0 aromatic heterocycles. The van der Waals surface area contributed by atoms with Crippen molar-refractivity contribution in [2.45, 2.75) is 24.4 Å². The molecule has 0 unspecified atom stereocenters. The van der Waals surface area contributed by atoms with Crippen LogP contribution in [0.15, 0.2) is 30.3 Å². The molecular formula is C13H17NO5. The highest BCUT2D eigenvalue weighted by Gasteiger charge is 2.43. The van der Waals surface area contributed by atoms with Crippen molar-refractivity contribution >= 4 is 5.91 Å². The predicted octanol–water partition coefficient (Wildman–Crippen LogP) is -1.41. The largest absolute Gasteiger partial charge is 0.394 e. The first kappa shape index (κ1) is 14.0. The van der Waals surface area contributed by atoms with Crippen molar-refractivity contribution in [1.82, 2.24) is 4.90 Å². The molecule has 1 saturated heterocycles. The van der Waals surface area contributed by atoms with E-state index in [1.54, 1.807) is 30.3 Å². The summed E-state index contributed by atoms with van der Waals surface area (Å²) >= 11 is 0. The molecule has 1 aliphatic rings. The molecule has 6 heteroatoms. The molecule has 0 spiro atoms. The minimum atomic E-state index is -1.37. The Morgan fingerprint density at radius 2 is 1.79 bits per heavy atom. The molecule has 104 valence electrons. The molecule has 0 saturated carbocycles. The van der Waals surface area contributed by atoms with E-state index in [0.29, 0.717) is 5.56 Å². The van der Waals surface area contributed by atoms with Gasteiger partial charge in [-0.15, -0.1) is 0 Å². The third kappa shape index (κ3) is 2.62. The Kier molecular flexibility index (Phi) is 4.16. The van der Waals surface area contributed by atoms with Gasteiger partial charge in [-0.1, -0.05) is 18.2 Å². The molecule has 1 fully saturated rings. The van der Waals surface area contributed by atoms with Gasteiger partial charge in [0, 0.05) is 5.56 Å². The van der Waals surface area contributed by atoms with Crippen LogP contribution in [0.3, 0.4) is 0 Å². The lowest BCUT2D eigenvalue weighted by atomic mass is 9.93. The lowest BCUT2D eigenvalue weighted by Gasteiger charge is -2.43. The fraction of sp³-hybridized carbons (Fsp3) is 0.462. The van der Waals surface area contributed by atoms with Crippen LogP contribution in [0.1, 0.15) is 10.4 Å². The van der Waals surface area contributed by atoms with E-state index in [9.17, 15) is 25.2 Å². The zero-order valence-corrected chi connectivity index (χ0v) is 10.3. The third-order valence-corrected chi connectivity index (χ3v) is 3.39. The lowest BCUT2D eigenvalue weighted by Crippen LogP contribution is -2.63. The van der Waals surface area contributed by atoms with Gasteiger partial charge in [0.2, 0.25) is 0 Å². The van der Waals surface area contributed by atoms with Crippen LogP contribution in [0.5, 0.6) is 0 Å². The molecule has 6 nitrogen and oxygen atoms in total. The normalized spacial score (nSPS) is 31.3. The van der Waals surface area contributed by atoms with Gasteiger partial charge in [0.1, 0.15) is 18.3 Å². The van der Waals surface area contributed by atoms with Gasteiger partial charge < -0.3 is 25.3 Å². The smallest absolute Gasteiger partial charge is 0.254 e. The van der Waals surface area contributed by atoms with Gasteiger partial charge in [-0.25, -0.2) is 0 Å². The summed E-state index contributed by atoms with van der Waals surface area (Å²) in [7, 11) is 0. The summed E-state index contributed by atoms with van der Waals surface area (Å²) in [6, 6.07) is 7.47. The van der Waals surface area contributed by atoms with Crippen LogP contribution in [0.25, 0.3) is 0 Å². The van der Waals surface area contributed by atoms with Gasteiger partial charge in [0.25, 0.3) is 5.91 Å². The number of carbonyl (C=O) groups excluding carboxylic acids is 1. The number of benzene rings is 1. The Morgan fingerprint density at radius 1 is 1.16 bits per heavy atom. The molecule has 1 heterocycles. The van der Waals surface area contributed by atoms with Gasteiger partial charge >= 0.3 is 0 Å². The SMILES string of the molecule is O=C(c1ccccc1)N1C[C@H](O)[C@H](O)[C@H](O)[C@H]1CO. The molecule has 1 aliphatic heterocycles. The van der Waals surface area contributed by atoms with E-state index in [4.69, 9.17) is 0 Å². The van der Waals surface area contributed by atoms with E-state index in [0.717, 1.165) is 0 Å². The summed E-state index contributed by atoms with van der Waals surface area (Å²) in [6.45, 7) is -0.610. The predicted molar refractivity (Wildman–Crippen MR) is 66.4 cm³/mol. The summed E-state index contributed by atoms with van der Waals surface area (Å²) in [4.78, 5) is 13.5. The third-order valence-electron chi connectivity index (χ3n) is 3.39. The van der Waals surface area contributed by atoms with Crippen LogP contribution in [0.4, 0.5) is 0 Å². The number of piperidine rings is 1. The van der Waals surface area contributed by atoms with Crippen LogP contribution in [-0.2, 0) is 0 Å². The highest BCUT2D eigenvalue weighted by Crippen LogP contribution is 2.21. The van der Waals surface area contributed by atoms with Crippen molar-refractivity contribution in [3.05, 3.63) is 35.9 Å². The number of hydrogen-bond acceptors (Lipinski definition) is 5. The second-order valence-electron chi connectivity index (χ2n) is 4.62. The van der Waals surface area contributed by atoms with Crippen molar-refractivity contribution in [1.29, 1.82) is 0 Å². The second kappa shape index (κ2) is 5.66. The zero-order valence-electron chi connectivity index (χ0n) is 10.3. The van der Waals surface area contributed by atoms with E-state index in [1.807, 2.05) is 0 Å². The summed E-state index contributed by atoms with van der Waals surface area (Å²) in [5, 5.41) is 38.3. The van der Waals surface area contributed by atoms with Crippen LogP contribution in [0, 0.1) is 0 Å². The molecular weight excluding hydrogens is 250 g/mol. The number of likely N-dealkylation sites (tertiary alicyclic amines) is 1. The minimum absolute atomic E-state index is 0.128. The number of amides is 1. The highest BCUT2D eigenvalue weighted by molar-refractivity contribution is 5.94. The fourth-order valence-electron chi connectivity index (χ4n) is 2.27. The van der Waals surface area contributed by atoms with Gasteiger partial charge in [0.15, 0.2) is 0 Å². The maximum atomic E-state index is 12.3. The summed E-state index contributed by atoms with van der Waals surface area (Å²) < 4.78 is 0. The fourth-order valence-corrected chi connectivity index (χ4v) is 2.27. The summed E-state index contributed by atoms with van der Waals surface area (Å²) in [6.07, 6.45) is -3.97. The average molecular weight is 267 g/mol. The monoisotopic (exact) mass is 267 g/mol. The summed E-state index contributed by atoms with van der Waals surface area (Å²) in [5.74, 6) is -0.398.